The molecule has 4 nitrogen and oxygen atoms in total. The Hall–Kier alpha value is -2.49. The topological polar surface area (TPSA) is 63.8 Å². The fourth-order valence-electron chi connectivity index (χ4n) is 2.80. The van der Waals surface area contributed by atoms with Gasteiger partial charge in [0.25, 0.3) is 5.91 Å². The smallest absolute Gasteiger partial charge is 0.250 e. The van der Waals surface area contributed by atoms with Gasteiger partial charge < -0.3 is 15.3 Å². The number of rotatable bonds is 2. The molecule has 0 aliphatic rings. The molecule has 3 aromatic rings. The van der Waals surface area contributed by atoms with Gasteiger partial charge in [-0.2, -0.15) is 0 Å². The molecule has 102 valence electrons. The molecule has 0 atom stereocenters. The lowest BCUT2D eigenvalue weighted by Gasteiger charge is -2.05. The fourth-order valence-corrected chi connectivity index (χ4v) is 2.80. The summed E-state index contributed by atoms with van der Waals surface area (Å²) in [6.45, 7) is 3.95. The number of nitrogens with one attached hydrogen (secondary N) is 1. The third kappa shape index (κ3) is 1.65. The Morgan fingerprint density at radius 3 is 2.60 bits per heavy atom. The first-order valence-corrected chi connectivity index (χ1v) is 6.54. The standard InChI is InChI=1S/C16H17N3O/c1-9-15(11-6-4-5-7-13(11)18-9)14-8-12(16(17)20)10(2)19(14)3/h4-8,18H,1-3H3,(H2,17,20). The first kappa shape index (κ1) is 12.5. The van der Waals surface area contributed by atoms with E-state index in [-0.39, 0.29) is 5.91 Å². The lowest BCUT2D eigenvalue weighted by atomic mass is 10.1. The highest BCUT2D eigenvalue weighted by molar-refractivity contribution is 6.00. The van der Waals surface area contributed by atoms with Crippen molar-refractivity contribution in [3.05, 3.63) is 47.3 Å². The Balaban J connectivity index is 2.34. The molecule has 0 aliphatic heterocycles. The highest BCUT2D eigenvalue weighted by Crippen LogP contribution is 2.33. The van der Waals surface area contributed by atoms with E-state index >= 15 is 0 Å². The number of carbonyl (C=O) groups is 1. The maximum atomic E-state index is 11.5. The first-order chi connectivity index (χ1) is 9.50. The molecule has 2 aromatic heterocycles. The number of nitrogens with two attached hydrogens (primary N) is 1. The maximum Gasteiger partial charge on any atom is 0.250 e. The molecule has 0 spiro atoms. The monoisotopic (exact) mass is 267 g/mol. The highest BCUT2D eigenvalue weighted by atomic mass is 16.1. The summed E-state index contributed by atoms with van der Waals surface area (Å²) in [5, 5.41) is 1.15. The van der Waals surface area contributed by atoms with E-state index in [1.807, 2.05) is 43.7 Å². The average molecular weight is 267 g/mol. The van der Waals surface area contributed by atoms with Crippen LogP contribution in [0.1, 0.15) is 21.7 Å². The van der Waals surface area contributed by atoms with Crippen molar-refractivity contribution in [2.45, 2.75) is 13.8 Å². The number of aromatic nitrogens is 2. The molecule has 0 fully saturated rings. The van der Waals surface area contributed by atoms with Crippen LogP contribution in [-0.2, 0) is 7.05 Å². The van der Waals surface area contributed by atoms with Crippen LogP contribution >= 0.6 is 0 Å². The molecule has 0 aliphatic carbocycles. The second-order valence-electron chi connectivity index (χ2n) is 5.12. The number of hydrogen-bond acceptors (Lipinski definition) is 1. The summed E-state index contributed by atoms with van der Waals surface area (Å²) < 4.78 is 2.02. The number of carbonyl (C=O) groups excluding carboxylic acids is 1. The van der Waals surface area contributed by atoms with Gasteiger partial charge >= 0.3 is 0 Å². The van der Waals surface area contributed by atoms with Gasteiger partial charge in [-0.05, 0) is 26.0 Å². The molecule has 0 saturated carbocycles. The Morgan fingerprint density at radius 1 is 1.25 bits per heavy atom. The molecule has 3 N–H and O–H groups in total. The summed E-state index contributed by atoms with van der Waals surface area (Å²) in [7, 11) is 1.96. The van der Waals surface area contributed by atoms with E-state index in [0.29, 0.717) is 5.56 Å². The lowest BCUT2D eigenvalue weighted by molar-refractivity contribution is 0.0999. The molecule has 1 amide bonds. The number of H-pyrrole nitrogens is 1. The van der Waals surface area contributed by atoms with Gasteiger partial charge in [0, 0.05) is 34.9 Å². The van der Waals surface area contributed by atoms with E-state index in [1.54, 1.807) is 0 Å². The zero-order valence-electron chi connectivity index (χ0n) is 11.8. The number of amides is 1. The van der Waals surface area contributed by atoms with Crippen molar-refractivity contribution in [1.29, 1.82) is 0 Å². The molecular formula is C16H17N3O. The summed E-state index contributed by atoms with van der Waals surface area (Å²) in [4.78, 5) is 14.9. The molecular weight excluding hydrogens is 250 g/mol. The van der Waals surface area contributed by atoms with Crippen LogP contribution in [0.3, 0.4) is 0 Å². The normalized spacial score (nSPS) is 11.2. The number of para-hydroxylation sites is 1. The minimum Gasteiger partial charge on any atom is -0.366 e. The zero-order valence-corrected chi connectivity index (χ0v) is 11.8. The summed E-state index contributed by atoms with van der Waals surface area (Å²) in [5.74, 6) is -0.387. The Kier molecular flexibility index (Phi) is 2.67. The van der Waals surface area contributed by atoms with Crippen LogP contribution in [0.15, 0.2) is 30.3 Å². The van der Waals surface area contributed by atoms with E-state index in [1.165, 1.54) is 0 Å². The minimum atomic E-state index is -0.387. The molecule has 0 saturated heterocycles. The molecule has 4 heteroatoms. The molecule has 0 unspecified atom stereocenters. The number of fused-ring (bicyclic) bond motifs is 1. The van der Waals surface area contributed by atoms with Crippen LogP contribution in [-0.4, -0.2) is 15.5 Å². The number of aromatic amines is 1. The number of hydrogen-bond donors (Lipinski definition) is 2. The SMILES string of the molecule is Cc1[nH]c2ccccc2c1-c1cc(C(N)=O)c(C)n1C. The zero-order chi connectivity index (χ0) is 14.4. The summed E-state index contributed by atoms with van der Waals surface area (Å²) in [6, 6.07) is 10.0. The molecule has 3 rings (SSSR count). The fraction of sp³-hybridized carbons (Fsp3) is 0.188. The van der Waals surface area contributed by atoms with Crippen molar-refractivity contribution in [1.82, 2.24) is 9.55 Å². The number of primary amides is 1. The van der Waals surface area contributed by atoms with E-state index < -0.39 is 0 Å². The van der Waals surface area contributed by atoms with Crippen LogP contribution in [0.25, 0.3) is 22.2 Å². The van der Waals surface area contributed by atoms with Gasteiger partial charge in [-0.3, -0.25) is 4.79 Å². The summed E-state index contributed by atoms with van der Waals surface area (Å²) >= 11 is 0. The van der Waals surface area contributed by atoms with Gasteiger partial charge in [-0.15, -0.1) is 0 Å². The van der Waals surface area contributed by atoms with Crippen molar-refractivity contribution >= 4 is 16.8 Å². The second-order valence-corrected chi connectivity index (χ2v) is 5.12. The maximum absolute atomic E-state index is 11.5. The van der Waals surface area contributed by atoms with Crippen LogP contribution < -0.4 is 5.73 Å². The Bertz CT molecular complexity index is 824. The van der Waals surface area contributed by atoms with Crippen molar-refractivity contribution in [2.24, 2.45) is 12.8 Å². The van der Waals surface area contributed by atoms with Gasteiger partial charge in [0.1, 0.15) is 0 Å². The predicted octanol–water partition coefficient (Wildman–Crippen LogP) is 2.89. The minimum absolute atomic E-state index is 0.387. The van der Waals surface area contributed by atoms with Crippen LogP contribution in [0.2, 0.25) is 0 Å². The largest absolute Gasteiger partial charge is 0.366 e. The number of aryl methyl sites for hydroxylation is 1. The summed E-state index contributed by atoms with van der Waals surface area (Å²) in [6.07, 6.45) is 0. The van der Waals surface area contributed by atoms with Gasteiger partial charge in [0.15, 0.2) is 0 Å². The van der Waals surface area contributed by atoms with E-state index in [4.69, 9.17) is 5.73 Å². The van der Waals surface area contributed by atoms with Crippen LogP contribution in [0.4, 0.5) is 0 Å². The quantitative estimate of drug-likeness (QED) is 0.736. The number of nitrogens with zero attached hydrogens (tertiary/aromatic N) is 1. The predicted molar refractivity (Wildman–Crippen MR) is 80.7 cm³/mol. The van der Waals surface area contributed by atoms with Crippen molar-refractivity contribution in [3.63, 3.8) is 0 Å². The molecule has 1 aromatic carbocycles. The van der Waals surface area contributed by atoms with Crippen molar-refractivity contribution in [2.75, 3.05) is 0 Å². The first-order valence-electron chi connectivity index (χ1n) is 6.54. The third-order valence-electron chi connectivity index (χ3n) is 3.95. The Morgan fingerprint density at radius 2 is 1.95 bits per heavy atom. The second kappa shape index (κ2) is 4.27. The molecule has 20 heavy (non-hydrogen) atoms. The molecule has 2 heterocycles. The lowest BCUT2D eigenvalue weighted by Crippen LogP contribution is -2.11. The van der Waals surface area contributed by atoms with Crippen LogP contribution in [0.5, 0.6) is 0 Å². The van der Waals surface area contributed by atoms with E-state index in [0.717, 1.165) is 33.5 Å². The van der Waals surface area contributed by atoms with Gasteiger partial charge in [-0.1, -0.05) is 18.2 Å². The highest BCUT2D eigenvalue weighted by Gasteiger charge is 2.18. The van der Waals surface area contributed by atoms with E-state index in [2.05, 4.69) is 17.1 Å². The molecule has 0 radical (unpaired) electrons. The third-order valence-corrected chi connectivity index (χ3v) is 3.95. The number of benzene rings is 1. The van der Waals surface area contributed by atoms with E-state index in [9.17, 15) is 4.79 Å². The van der Waals surface area contributed by atoms with Gasteiger partial charge in [0.2, 0.25) is 0 Å². The van der Waals surface area contributed by atoms with Crippen LogP contribution in [0, 0.1) is 13.8 Å². The Labute approximate surface area is 117 Å². The molecule has 0 bridgehead atoms. The average Bonchev–Trinajstić information content (AvgIpc) is 2.88. The summed E-state index contributed by atoms with van der Waals surface area (Å²) in [5.41, 5.74) is 11.2. The van der Waals surface area contributed by atoms with Crippen molar-refractivity contribution < 1.29 is 4.79 Å². The van der Waals surface area contributed by atoms with Gasteiger partial charge in [0.05, 0.1) is 11.3 Å². The van der Waals surface area contributed by atoms with Crippen molar-refractivity contribution in [3.8, 4) is 11.3 Å². The van der Waals surface area contributed by atoms with Gasteiger partial charge in [-0.25, -0.2) is 0 Å².